The molecule has 2 unspecified atom stereocenters. The van der Waals surface area contributed by atoms with Gasteiger partial charge in [-0.3, -0.25) is 4.79 Å². The lowest BCUT2D eigenvalue weighted by molar-refractivity contribution is -0.302. The quantitative estimate of drug-likeness (QED) is 0.0353. The highest BCUT2D eigenvalue weighted by atomic mass is 16.7. The second-order valence-electron chi connectivity index (χ2n) is 15.5. The Kier molecular flexibility index (Phi) is 31.9. The Balaban J connectivity index is 2.30. The van der Waals surface area contributed by atoms with E-state index in [0.717, 1.165) is 38.5 Å². The van der Waals surface area contributed by atoms with Crippen LogP contribution in [-0.4, -0.2) is 87.5 Å². The van der Waals surface area contributed by atoms with E-state index in [1.807, 2.05) is 0 Å². The van der Waals surface area contributed by atoms with Crippen LogP contribution in [0.15, 0.2) is 0 Å². The molecule has 1 rings (SSSR count). The summed E-state index contributed by atoms with van der Waals surface area (Å²) in [7, 11) is 0. The van der Waals surface area contributed by atoms with Gasteiger partial charge in [0.1, 0.15) is 24.4 Å². The summed E-state index contributed by atoms with van der Waals surface area (Å²) in [5.74, 6) is -0.143. The van der Waals surface area contributed by atoms with Gasteiger partial charge in [0.15, 0.2) is 6.29 Å². The summed E-state index contributed by atoms with van der Waals surface area (Å²) in [6.45, 7) is 3.82. The molecular weight excluding hydrogens is 646 g/mol. The van der Waals surface area contributed by atoms with E-state index in [1.165, 1.54) is 141 Å². The number of rotatable bonds is 36. The van der Waals surface area contributed by atoms with E-state index >= 15 is 0 Å². The monoisotopic (exact) mass is 730 g/mol. The van der Waals surface area contributed by atoms with E-state index in [1.54, 1.807) is 0 Å². The first kappa shape index (κ1) is 48.2. The molecule has 1 aliphatic rings. The van der Waals surface area contributed by atoms with Gasteiger partial charge in [0.25, 0.3) is 0 Å². The summed E-state index contributed by atoms with van der Waals surface area (Å²) in [5.41, 5.74) is 0. The molecule has 9 nitrogen and oxygen atoms in total. The molecule has 1 heterocycles. The minimum absolute atomic E-state index is 0.132. The van der Waals surface area contributed by atoms with Crippen molar-refractivity contribution in [1.82, 2.24) is 5.32 Å². The number of carbonyl (C=O) groups is 1. The summed E-state index contributed by atoms with van der Waals surface area (Å²) in [5, 5.41) is 54.1. The molecule has 0 aromatic carbocycles. The summed E-state index contributed by atoms with van der Waals surface area (Å²) in [6.07, 6.45) is 28.3. The largest absolute Gasteiger partial charge is 0.394 e. The molecule has 0 bridgehead atoms. The molecule has 7 atom stereocenters. The van der Waals surface area contributed by atoms with Gasteiger partial charge in [-0.05, 0) is 12.8 Å². The van der Waals surface area contributed by atoms with Crippen molar-refractivity contribution in [2.75, 3.05) is 13.2 Å². The maximum Gasteiger partial charge on any atom is 0.220 e. The summed E-state index contributed by atoms with van der Waals surface area (Å²) in [4.78, 5) is 12.9. The van der Waals surface area contributed by atoms with Crippen molar-refractivity contribution in [3.63, 3.8) is 0 Å². The Bertz CT molecular complexity index is 771. The standard InChI is InChI=1S/C42H83NO8/c1-3-5-7-9-11-13-15-16-17-18-19-20-21-22-24-26-28-30-32-38(46)43-35(34-50-42-41(49)40(48)39(47)37(33-44)51-42)36(45)31-29-27-25-23-14-12-10-8-6-4-2/h35-37,39-42,44-45,47-49H,3-34H2,1-2H3,(H,43,46)/t35-,36+,37-,39-,40?,41?,42-/m0/s1. The third kappa shape index (κ3) is 25.0. The van der Waals surface area contributed by atoms with Gasteiger partial charge in [-0.15, -0.1) is 0 Å². The summed E-state index contributed by atoms with van der Waals surface area (Å²) >= 11 is 0. The van der Waals surface area contributed by atoms with E-state index in [9.17, 15) is 30.3 Å². The topological polar surface area (TPSA) is 149 Å². The molecule has 0 radical (unpaired) electrons. The fourth-order valence-corrected chi connectivity index (χ4v) is 7.16. The van der Waals surface area contributed by atoms with Crippen molar-refractivity contribution < 1.29 is 39.8 Å². The van der Waals surface area contributed by atoms with Crippen LogP contribution in [-0.2, 0) is 14.3 Å². The Morgan fingerprint density at radius 2 is 0.980 bits per heavy atom. The number of amides is 1. The van der Waals surface area contributed by atoms with Crippen LogP contribution < -0.4 is 5.32 Å². The van der Waals surface area contributed by atoms with Gasteiger partial charge < -0.3 is 40.3 Å². The maximum absolute atomic E-state index is 12.9. The van der Waals surface area contributed by atoms with E-state index in [-0.39, 0.29) is 12.5 Å². The molecule has 1 aliphatic heterocycles. The second kappa shape index (κ2) is 33.7. The molecule has 0 aliphatic carbocycles. The molecule has 1 saturated heterocycles. The average Bonchev–Trinajstić information content (AvgIpc) is 3.13. The number of aliphatic hydroxyl groups is 5. The molecule has 1 fully saturated rings. The lowest BCUT2D eigenvalue weighted by Gasteiger charge is -2.40. The van der Waals surface area contributed by atoms with Crippen LogP contribution in [0.25, 0.3) is 0 Å². The lowest BCUT2D eigenvalue weighted by Crippen LogP contribution is -2.60. The molecule has 1 amide bonds. The van der Waals surface area contributed by atoms with Crippen LogP contribution in [0, 0.1) is 0 Å². The minimum Gasteiger partial charge on any atom is -0.394 e. The van der Waals surface area contributed by atoms with Crippen LogP contribution in [0.4, 0.5) is 0 Å². The van der Waals surface area contributed by atoms with Crippen molar-refractivity contribution >= 4 is 5.91 Å². The van der Waals surface area contributed by atoms with E-state index in [0.29, 0.717) is 12.8 Å². The molecule has 0 aromatic heterocycles. The molecular formula is C42H83NO8. The minimum atomic E-state index is -1.55. The van der Waals surface area contributed by atoms with Gasteiger partial charge in [-0.25, -0.2) is 0 Å². The molecule has 9 heteroatoms. The smallest absolute Gasteiger partial charge is 0.220 e. The van der Waals surface area contributed by atoms with E-state index in [4.69, 9.17) is 9.47 Å². The fourth-order valence-electron chi connectivity index (χ4n) is 7.16. The van der Waals surface area contributed by atoms with Crippen LogP contribution in [0.3, 0.4) is 0 Å². The number of carbonyl (C=O) groups excluding carboxylic acids is 1. The molecule has 0 saturated carbocycles. The SMILES string of the molecule is CCCCCCCCCCCCCCCCCCCCC(=O)N[C@@H](CO[C@H]1O[C@@H](CO)[C@H](O)C(O)C1O)[C@H](O)CCCCCCCCCCCC. The normalized spacial score (nSPS) is 21.9. The zero-order chi connectivity index (χ0) is 37.4. The third-order valence-electron chi connectivity index (χ3n) is 10.7. The average molecular weight is 730 g/mol. The first-order chi connectivity index (χ1) is 24.8. The zero-order valence-electron chi connectivity index (χ0n) is 33.1. The van der Waals surface area contributed by atoms with Gasteiger partial charge in [-0.1, -0.05) is 187 Å². The highest BCUT2D eigenvalue weighted by Gasteiger charge is 2.44. The number of unbranched alkanes of at least 4 members (excludes halogenated alkanes) is 26. The van der Waals surface area contributed by atoms with E-state index < -0.39 is 49.5 Å². The van der Waals surface area contributed by atoms with Gasteiger partial charge in [0.2, 0.25) is 5.91 Å². The Labute approximate surface area is 313 Å². The Hall–Kier alpha value is -0.810. The van der Waals surface area contributed by atoms with Crippen molar-refractivity contribution in [2.24, 2.45) is 0 Å². The Morgan fingerprint density at radius 1 is 0.588 bits per heavy atom. The third-order valence-corrected chi connectivity index (χ3v) is 10.7. The van der Waals surface area contributed by atoms with Gasteiger partial charge in [0.05, 0.1) is 25.4 Å². The summed E-state index contributed by atoms with van der Waals surface area (Å²) in [6, 6.07) is -0.709. The first-order valence-electron chi connectivity index (χ1n) is 21.7. The fraction of sp³-hybridized carbons (Fsp3) is 0.976. The van der Waals surface area contributed by atoms with Crippen molar-refractivity contribution in [1.29, 1.82) is 0 Å². The van der Waals surface area contributed by atoms with E-state index in [2.05, 4.69) is 19.2 Å². The predicted molar refractivity (Wildman–Crippen MR) is 208 cm³/mol. The number of aliphatic hydroxyl groups excluding tert-OH is 5. The van der Waals surface area contributed by atoms with Gasteiger partial charge in [-0.2, -0.15) is 0 Å². The van der Waals surface area contributed by atoms with Crippen molar-refractivity contribution in [3.8, 4) is 0 Å². The van der Waals surface area contributed by atoms with Crippen LogP contribution in [0.2, 0.25) is 0 Å². The van der Waals surface area contributed by atoms with Crippen LogP contribution in [0.1, 0.15) is 206 Å². The zero-order valence-corrected chi connectivity index (χ0v) is 33.1. The second-order valence-corrected chi connectivity index (χ2v) is 15.5. The summed E-state index contributed by atoms with van der Waals surface area (Å²) < 4.78 is 11.2. The highest BCUT2D eigenvalue weighted by Crippen LogP contribution is 2.23. The number of ether oxygens (including phenoxy) is 2. The van der Waals surface area contributed by atoms with Crippen molar-refractivity contribution in [2.45, 2.75) is 249 Å². The highest BCUT2D eigenvalue weighted by molar-refractivity contribution is 5.76. The first-order valence-corrected chi connectivity index (χ1v) is 21.7. The number of hydrogen-bond donors (Lipinski definition) is 6. The van der Waals surface area contributed by atoms with Gasteiger partial charge in [0, 0.05) is 6.42 Å². The Morgan fingerprint density at radius 3 is 1.39 bits per heavy atom. The van der Waals surface area contributed by atoms with Gasteiger partial charge >= 0.3 is 0 Å². The molecule has 0 aromatic rings. The maximum atomic E-state index is 12.9. The molecule has 304 valence electrons. The lowest BCUT2D eigenvalue weighted by atomic mass is 9.99. The molecule has 51 heavy (non-hydrogen) atoms. The van der Waals surface area contributed by atoms with Crippen LogP contribution in [0.5, 0.6) is 0 Å². The predicted octanol–water partition coefficient (Wildman–Crippen LogP) is 8.39. The number of nitrogens with one attached hydrogen (secondary N) is 1. The molecule has 6 N–H and O–H groups in total. The number of hydrogen-bond acceptors (Lipinski definition) is 8. The molecule has 0 spiro atoms. The van der Waals surface area contributed by atoms with Crippen LogP contribution >= 0.6 is 0 Å². The van der Waals surface area contributed by atoms with Crippen molar-refractivity contribution in [3.05, 3.63) is 0 Å².